The van der Waals surface area contributed by atoms with Crippen molar-refractivity contribution in [1.29, 1.82) is 0 Å². The second-order valence-electron chi connectivity index (χ2n) is 6.79. The van der Waals surface area contributed by atoms with Crippen LogP contribution in [-0.2, 0) is 19.7 Å². The number of hydrogen-bond acceptors (Lipinski definition) is 6. The van der Waals surface area contributed by atoms with Gasteiger partial charge in [0.2, 0.25) is 0 Å². The second kappa shape index (κ2) is 7.31. The number of pyridine rings is 2. The van der Waals surface area contributed by atoms with Gasteiger partial charge in [-0.1, -0.05) is 23.4 Å². The number of ether oxygens (including phenoxy) is 1. The van der Waals surface area contributed by atoms with Crippen molar-refractivity contribution >= 4 is 16.8 Å². The standard InChI is InChI=1S/C21H18N6O2/c28-21(17-7-1-4-15-5-2-9-23-20(15)17)26-10-11-27-19(13-26)18(24-25-27)14-29-16-6-3-8-22-12-16/h1-9,12H,10-11,13-14H2. The molecule has 29 heavy (non-hydrogen) atoms. The van der Waals surface area contributed by atoms with Gasteiger partial charge in [-0.05, 0) is 24.3 Å². The number of nitrogens with zero attached hydrogens (tertiary/aromatic N) is 6. The van der Waals surface area contributed by atoms with Crippen LogP contribution in [0.5, 0.6) is 5.75 Å². The van der Waals surface area contributed by atoms with Gasteiger partial charge < -0.3 is 9.64 Å². The molecule has 4 aromatic rings. The number of amides is 1. The minimum atomic E-state index is -0.0409. The van der Waals surface area contributed by atoms with Gasteiger partial charge in [-0.25, -0.2) is 4.68 Å². The normalized spacial score (nSPS) is 13.3. The molecular formula is C21H18N6O2. The number of para-hydroxylation sites is 1. The highest BCUT2D eigenvalue weighted by Crippen LogP contribution is 2.22. The summed E-state index contributed by atoms with van der Waals surface area (Å²) >= 11 is 0. The molecule has 3 aromatic heterocycles. The summed E-state index contributed by atoms with van der Waals surface area (Å²) in [5, 5.41) is 9.40. The zero-order valence-electron chi connectivity index (χ0n) is 15.6. The average Bonchev–Trinajstić information content (AvgIpc) is 3.20. The Bertz CT molecular complexity index is 1170. The number of fused-ring (bicyclic) bond motifs is 2. The minimum Gasteiger partial charge on any atom is -0.486 e. The van der Waals surface area contributed by atoms with Gasteiger partial charge in [-0.15, -0.1) is 5.10 Å². The molecule has 0 atom stereocenters. The summed E-state index contributed by atoms with van der Waals surface area (Å²) in [5.41, 5.74) is 2.94. The van der Waals surface area contributed by atoms with Crippen molar-refractivity contribution < 1.29 is 9.53 Å². The van der Waals surface area contributed by atoms with Gasteiger partial charge in [0, 0.05) is 24.3 Å². The maximum absolute atomic E-state index is 13.2. The Morgan fingerprint density at radius 3 is 2.86 bits per heavy atom. The fourth-order valence-corrected chi connectivity index (χ4v) is 3.51. The molecule has 144 valence electrons. The SMILES string of the molecule is O=C(c1cccc2cccnc12)N1CCn2nnc(COc3cccnc3)c2C1. The topological polar surface area (TPSA) is 86.0 Å². The van der Waals surface area contributed by atoms with E-state index in [4.69, 9.17) is 4.74 Å². The molecule has 8 nitrogen and oxygen atoms in total. The van der Waals surface area contributed by atoms with Crippen molar-refractivity contribution in [3.05, 3.63) is 78.0 Å². The van der Waals surface area contributed by atoms with E-state index >= 15 is 0 Å². The van der Waals surface area contributed by atoms with Crippen LogP contribution < -0.4 is 4.74 Å². The third kappa shape index (κ3) is 3.29. The van der Waals surface area contributed by atoms with E-state index in [1.165, 1.54) is 0 Å². The van der Waals surface area contributed by atoms with E-state index in [0.717, 1.165) is 22.3 Å². The highest BCUT2D eigenvalue weighted by atomic mass is 16.5. The number of aromatic nitrogens is 5. The van der Waals surface area contributed by atoms with Crippen molar-refractivity contribution in [1.82, 2.24) is 29.9 Å². The van der Waals surface area contributed by atoms with E-state index in [-0.39, 0.29) is 12.5 Å². The third-order valence-electron chi connectivity index (χ3n) is 5.00. The first kappa shape index (κ1) is 17.3. The lowest BCUT2D eigenvalue weighted by Gasteiger charge is -2.28. The monoisotopic (exact) mass is 386 g/mol. The maximum Gasteiger partial charge on any atom is 0.256 e. The number of hydrogen-bond donors (Lipinski definition) is 0. The van der Waals surface area contributed by atoms with Crippen LogP contribution in [0.25, 0.3) is 10.9 Å². The van der Waals surface area contributed by atoms with E-state index in [9.17, 15) is 4.79 Å². The molecular weight excluding hydrogens is 368 g/mol. The molecule has 1 aromatic carbocycles. The molecule has 5 rings (SSSR count). The van der Waals surface area contributed by atoms with Crippen LogP contribution in [0.1, 0.15) is 21.7 Å². The summed E-state index contributed by atoms with van der Waals surface area (Å²) in [7, 11) is 0. The van der Waals surface area contributed by atoms with Gasteiger partial charge >= 0.3 is 0 Å². The van der Waals surface area contributed by atoms with E-state index in [0.29, 0.717) is 30.9 Å². The fraction of sp³-hybridized carbons (Fsp3) is 0.190. The maximum atomic E-state index is 13.2. The van der Waals surface area contributed by atoms with E-state index in [2.05, 4.69) is 20.3 Å². The molecule has 0 saturated carbocycles. The first-order chi connectivity index (χ1) is 14.3. The first-order valence-corrected chi connectivity index (χ1v) is 9.37. The summed E-state index contributed by atoms with van der Waals surface area (Å²) in [6, 6.07) is 13.2. The lowest BCUT2D eigenvalue weighted by molar-refractivity contribution is 0.0706. The lowest BCUT2D eigenvalue weighted by atomic mass is 10.1. The third-order valence-corrected chi connectivity index (χ3v) is 5.00. The van der Waals surface area contributed by atoms with Gasteiger partial charge in [-0.2, -0.15) is 0 Å². The summed E-state index contributed by atoms with van der Waals surface area (Å²) in [4.78, 5) is 23.5. The van der Waals surface area contributed by atoms with Gasteiger partial charge in [0.25, 0.3) is 5.91 Å². The molecule has 0 bridgehead atoms. The Balaban J connectivity index is 1.38. The molecule has 0 aliphatic carbocycles. The Morgan fingerprint density at radius 1 is 1.07 bits per heavy atom. The Labute approximate surface area is 166 Å². The van der Waals surface area contributed by atoms with Crippen LogP contribution in [0.15, 0.2) is 61.1 Å². The second-order valence-corrected chi connectivity index (χ2v) is 6.79. The van der Waals surface area contributed by atoms with Crippen LogP contribution in [0.4, 0.5) is 0 Å². The predicted octanol–water partition coefficient (Wildman–Crippen LogP) is 2.46. The molecule has 4 heterocycles. The molecule has 0 fully saturated rings. The van der Waals surface area contributed by atoms with E-state index < -0.39 is 0 Å². The molecule has 1 aliphatic heterocycles. The molecule has 1 aliphatic rings. The molecule has 1 amide bonds. The minimum absolute atomic E-state index is 0.0409. The van der Waals surface area contributed by atoms with Crippen LogP contribution >= 0.6 is 0 Å². The molecule has 0 saturated heterocycles. The van der Waals surface area contributed by atoms with Crippen LogP contribution in [0.2, 0.25) is 0 Å². The smallest absolute Gasteiger partial charge is 0.256 e. The molecule has 0 N–H and O–H groups in total. The Kier molecular flexibility index (Phi) is 4.36. The highest BCUT2D eigenvalue weighted by molar-refractivity contribution is 6.05. The molecule has 0 spiro atoms. The van der Waals surface area contributed by atoms with Crippen molar-refractivity contribution in [3.63, 3.8) is 0 Å². The number of carbonyl (C=O) groups is 1. The highest BCUT2D eigenvalue weighted by Gasteiger charge is 2.27. The number of carbonyl (C=O) groups excluding carboxylic acids is 1. The zero-order chi connectivity index (χ0) is 19.6. The lowest BCUT2D eigenvalue weighted by Crippen LogP contribution is -2.39. The quantitative estimate of drug-likeness (QED) is 0.536. The molecule has 0 radical (unpaired) electrons. The fourth-order valence-electron chi connectivity index (χ4n) is 3.51. The number of rotatable bonds is 4. The first-order valence-electron chi connectivity index (χ1n) is 9.37. The molecule has 0 unspecified atom stereocenters. The number of benzene rings is 1. The summed E-state index contributed by atoms with van der Waals surface area (Å²) in [6.07, 6.45) is 5.06. The van der Waals surface area contributed by atoms with Gasteiger partial charge in [0.05, 0.1) is 36.1 Å². The summed E-state index contributed by atoms with van der Waals surface area (Å²) in [6.45, 7) is 1.88. The largest absolute Gasteiger partial charge is 0.486 e. The Morgan fingerprint density at radius 2 is 1.97 bits per heavy atom. The van der Waals surface area contributed by atoms with Crippen molar-refractivity contribution in [2.24, 2.45) is 0 Å². The van der Waals surface area contributed by atoms with Crippen LogP contribution in [-0.4, -0.2) is 42.3 Å². The van der Waals surface area contributed by atoms with Crippen LogP contribution in [0.3, 0.4) is 0 Å². The van der Waals surface area contributed by atoms with E-state index in [1.54, 1.807) is 18.6 Å². The molecule has 8 heteroatoms. The average molecular weight is 386 g/mol. The summed E-state index contributed by atoms with van der Waals surface area (Å²) < 4.78 is 7.60. The van der Waals surface area contributed by atoms with Crippen LogP contribution in [0, 0.1) is 0 Å². The van der Waals surface area contributed by atoms with Gasteiger partial charge in [0.15, 0.2) is 0 Å². The van der Waals surface area contributed by atoms with Gasteiger partial charge in [0.1, 0.15) is 18.1 Å². The zero-order valence-corrected chi connectivity index (χ0v) is 15.6. The van der Waals surface area contributed by atoms with Crippen molar-refractivity contribution in [3.8, 4) is 5.75 Å². The predicted molar refractivity (Wildman–Crippen MR) is 105 cm³/mol. The van der Waals surface area contributed by atoms with E-state index in [1.807, 2.05) is 52.0 Å². The van der Waals surface area contributed by atoms with Crippen molar-refractivity contribution in [2.75, 3.05) is 6.54 Å². The van der Waals surface area contributed by atoms with Crippen molar-refractivity contribution in [2.45, 2.75) is 19.7 Å². The summed E-state index contributed by atoms with van der Waals surface area (Å²) in [5.74, 6) is 0.626. The van der Waals surface area contributed by atoms with Gasteiger partial charge in [-0.3, -0.25) is 14.8 Å². The Hall–Kier alpha value is -3.81.